The van der Waals surface area contributed by atoms with Crippen LogP contribution >= 0.6 is 34.7 Å². The van der Waals surface area contributed by atoms with Gasteiger partial charge in [0.15, 0.2) is 4.80 Å². The average Bonchev–Trinajstić information content (AvgIpc) is 3.09. The smallest absolute Gasteiger partial charge is 0.338 e. The molecule has 0 aliphatic carbocycles. The lowest BCUT2D eigenvalue weighted by atomic mass is 9.96. The monoisotopic (exact) mass is 488 g/mol. The van der Waals surface area contributed by atoms with Gasteiger partial charge >= 0.3 is 5.97 Å². The van der Waals surface area contributed by atoms with Crippen molar-refractivity contribution in [1.29, 1.82) is 0 Å². The van der Waals surface area contributed by atoms with Gasteiger partial charge in [-0.1, -0.05) is 41.1 Å². The Bertz CT molecular complexity index is 1400. The van der Waals surface area contributed by atoms with Crippen molar-refractivity contribution >= 4 is 46.7 Å². The quantitative estimate of drug-likeness (QED) is 0.412. The van der Waals surface area contributed by atoms with Gasteiger partial charge in [-0.15, -0.1) is 11.8 Å². The number of methoxy groups -OCH3 is 1. The Morgan fingerprint density at radius 2 is 2.00 bits per heavy atom. The van der Waals surface area contributed by atoms with Crippen molar-refractivity contribution in [1.82, 2.24) is 4.57 Å². The SMILES string of the molecule is COC(=O)C1=C(C)N=c2sc(=Cc3c(F)cccc3Cl)c(=O)n2C1c1ccc(SC)cc1. The largest absolute Gasteiger partial charge is 0.466 e. The molecule has 32 heavy (non-hydrogen) atoms. The molecule has 2 heterocycles. The molecule has 0 saturated carbocycles. The van der Waals surface area contributed by atoms with Gasteiger partial charge in [-0.2, -0.15) is 0 Å². The second kappa shape index (κ2) is 9.05. The van der Waals surface area contributed by atoms with Crippen molar-refractivity contribution in [2.24, 2.45) is 4.99 Å². The van der Waals surface area contributed by atoms with Crippen molar-refractivity contribution in [3.63, 3.8) is 0 Å². The van der Waals surface area contributed by atoms with Crippen LogP contribution in [0, 0.1) is 5.82 Å². The van der Waals surface area contributed by atoms with Crippen LogP contribution in [0.15, 0.2) is 68.4 Å². The van der Waals surface area contributed by atoms with Crippen LogP contribution in [0.1, 0.15) is 24.1 Å². The fraction of sp³-hybridized carbons (Fsp3) is 0.174. The van der Waals surface area contributed by atoms with Gasteiger partial charge in [0.2, 0.25) is 0 Å². The molecule has 5 nitrogen and oxygen atoms in total. The van der Waals surface area contributed by atoms with Crippen LogP contribution in [0.2, 0.25) is 5.02 Å². The van der Waals surface area contributed by atoms with Gasteiger partial charge in [0.05, 0.1) is 34.0 Å². The summed E-state index contributed by atoms with van der Waals surface area (Å²) in [5.74, 6) is -1.09. The van der Waals surface area contributed by atoms with E-state index in [1.807, 2.05) is 30.5 Å². The van der Waals surface area contributed by atoms with E-state index in [0.29, 0.717) is 10.5 Å². The van der Waals surface area contributed by atoms with Gasteiger partial charge < -0.3 is 4.74 Å². The fourth-order valence-corrected chi connectivity index (χ4v) is 5.23. The minimum absolute atomic E-state index is 0.129. The van der Waals surface area contributed by atoms with Crippen molar-refractivity contribution < 1.29 is 13.9 Å². The van der Waals surface area contributed by atoms with Crippen LogP contribution in [0.4, 0.5) is 4.39 Å². The summed E-state index contributed by atoms with van der Waals surface area (Å²) < 4.78 is 21.0. The topological polar surface area (TPSA) is 60.7 Å². The molecule has 9 heteroatoms. The summed E-state index contributed by atoms with van der Waals surface area (Å²) in [4.78, 5) is 32.1. The maximum Gasteiger partial charge on any atom is 0.338 e. The Kier molecular flexibility index (Phi) is 6.37. The standard InChI is InChI=1S/C23H18ClFN2O3S2/c1-12-19(22(29)30-2)20(13-7-9-14(31-3)10-8-13)27-21(28)18(32-23(27)26-12)11-15-16(24)5-4-6-17(15)25/h4-11,20H,1-3H3. The van der Waals surface area contributed by atoms with E-state index in [9.17, 15) is 14.0 Å². The summed E-state index contributed by atoms with van der Waals surface area (Å²) in [7, 11) is 1.29. The first kappa shape index (κ1) is 22.5. The second-order valence-electron chi connectivity index (χ2n) is 6.98. The Labute approximate surface area is 196 Å². The summed E-state index contributed by atoms with van der Waals surface area (Å²) in [6.45, 7) is 1.71. The lowest BCUT2D eigenvalue weighted by Gasteiger charge is -2.24. The minimum Gasteiger partial charge on any atom is -0.466 e. The number of allylic oxidation sites excluding steroid dienone is 1. The van der Waals surface area contributed by atoms with Crippen LogP contribution in [0.5, 0.6) is 0 Å². The highest BCUT2D eigenvalue weighted by Crippen LogP contribution is 2.31. The van der Waals surface area contributed by atoms with E-state index in [1.165, 1.54) is 29.9 Å². The zero-order valence-corrected chi connectivity index (χ0v) is 19.8. The average molecular weight is 489 g/mol. The number of nitrogens with zero attached hydrogens (tertiary/aromatic N) is 2. The molecule has 1 aromatic heterocycles. The van der Waals surface area contributed by atoms with Crippen LogP contribution in [-0.2, 0) is 9.53 Å². The van der Waals surface area contributed by atoms with Crippen LogP contribution in [0.3, 0.4) is 0 Å². The highest BCUT2D eigenvalue weighted by atomic mass is 35.5. The third kappa shape index (κ3) is 3.94. The number of carbonyl (C=O) groups is 1. The molecule has 2 aromatic carbocycles. The molecule has 0 saturated heterocycles. The lowest BCUT2D eigenvalue weighted by Crippen LogP contribution is -2.39. The van der Waals surface area contributed by atoms with E-state index in [-0.39, 0.29) is 26.3 Å². The van der Waals surface area contributed by atoms with Gasteiger partial charge in [0.25, 0.3) is 5.56 Å². The van der Waals surface area contributed by atoms with Gasteiger partial charge in [-0.25, -0.2) is 14.2 Å². The molecule has 164 valence electrons. The first-order valence-electron chi connectivity index (χ1n) is 9.54. The number of carbonyl (C=O) groups excluding carboxylic acids is 1. The van der Waals surface area contributed by atoms with Gasteiger partial charge in [-0.05, 0) is 49.1 Å². The van der Waals surface area contributed by atoms with E-state index in [0.717, 1.165) is 21.8 Å². The molecule has 0 radical (unpaired) electrons. The number of rotatable bonds is 4. The highest BCUT2D eigenvalue weighted by Gasteiger charge is 2.33. The van der Waals surface area contributed by atoms with E-state index < -0.39 is 17.8 Å². The number of aromatic nitrogens is 1. The summed E-state index contributed by atoms with van der Waals surface area (Å²) in [5, 5.41) is 0.200. The van der Waals surface area contributed by atoms with Crippen molar-refractivity contribution in [2.45, 2.75) is 17.9 Å². The molecule has 0 bridgehead atoms. The van der Waals surface area contributed by atoms with Gasteiger partial charge in [-0.3, -0.25) is 9.36 Å². The normalized spacial score (nSPS) is 16.0. The van der Waals surface area contributed by atoms with E-state index in [1.54, 1.807) is 24.8 Å². The maximum absolute atomic E-state index is 14.3. The Morgan fingerprint density at radius 1 is 1.28 bits per heavy atom. The molecule has 4 rings (SSSR count). The molecule has 0 fully saturated rings. The third-order valence-electron chi connectivity index (χ3n) is 5.13. The molecule has 0 spiro atoms. The van der Waals surface area contributed by atoms with E-state index in [4.69, 9.17) is 16.3 Å². The Morgan fingerprint density at radius 3 is 2.62 bits per heavy atom. The molecule has 0 N–H and O–H groups in total. The predicted octanol–water partition coefficient (Wildman–Crippen LogP) is 3.92. The van der Waals surface area contributed by atoms with Crippen molar-refractivity contribution in [3.05, 3.63) is 95.4 Å². The zero-order valence-electron chi connectivity index (χ0n) is 17.4. The first-order chi connectivity index (χ1) is 15.3. The molecular weight excluding hydrogens is 471 g/mol. The Hall–Kier alpha value is -2.68. The number of hydrogen-bond donors (Lipinski definition) is 0. The fourth-order valence-electron chi connectivity index (χ4n) is 3.57. The van der Waals surface area contributed by atoms with Crippen molar-refractivity contribution in [3.8, 4) is 0 Å². The molecule has 0 amide bonds. The molecule has 1 aliphatic heterocycles. The molecule has 3 aromatic rings. The van der Waals surface area contributed by atoms with E-state index in [2.05, 4.69) is 4.99 Å². The zero-order chi connectivity index (χ0) is 23.0. The summed E-state index contributed by atoms with van der Waals surface area (Å²) in [6, 6.07) is 11.2. The third-order valence-corrected chi connectivity index (χ3v) is 7.19. The van der Waals surface area contributed by atoms with Crippen LogP contribution < -0.4 is 14.9 Å². The summed E-state index contributed by atoms with van der Waals surface area (Å²) in [5.41, 5.74) is 1.24. The lowest BCUT2D eigenvalue weighted by molar-refractivity contribution is -0.136. The summed E-state index contributed by atoms with van der Waals surface area (Å²) >= 11 is 8.86. The van der Waals surface area contributed by atoms with E-state index >= 15 is 0 Å². The number of halogens is 2. The van der Waals surface area contributed by atoms with Crippen LogP contribution in [-0.4, -0.2) is 23.9 Å². The minimum atomic E-state index is -0.715. The number of hydrogen-bond acceptors (Lipinski definition) is 6. The number of thiazole rings is 1. The number of thioether (sulfide) groups is 1. The number of ether oxygens (including phenoxy) is 1. The van der Waals surface area contributed by atoms with Crippen molar-refractivity contribution in [2.75, 3.05) is 13.4 Å². The number of esters is 1. The Balaban J connectivity index is 1.99. The second-order valence-corrected chi connectivity index (χ2v) is 9.28. The molecule has 1 atom stereocenters. The van der Waals surface area contributed by atoms with Crippen LogP contribution in [0.25, 0.3) is 6.08 Å². The van der Waals surface area contributed by atoms with Gasteiger partial charge in [0, 0.05) is 10.5 Å². The summed E-state index contributed by atoms with van der Waals surface area (Å²) in [6.07, 6.45) is 3.39. The first-order valence-corrected chi connectivity index (χ1v) is 12.0. The predicted molar refractivity (Wildman–Crippen MR) is 125 cm³/mol. The van der Waals surface area contributed by atoms with Gasteiger partial charge in [0.1, 0.15) is 5.82 Å². The molecule has 1 unspecified atom stereocenters. The highest BCUT2D eigenvalue weighted by molar-refractivity contribution is 7.98. The number of fused-ring (bicyclic) bond motifs is 1. The molecular formula is C23H18ClFN2O3S2. The molecule has 1 aliphatic rings. The number of benzene rings is 2. The maximum atomic E-state index is 14.3.